The number of benzene rings is 1. The Morgan fingerprint density at radius 2 is 2.05 bits per heavy atom. The maximum absolute atomic E-state index is 12.8. The highest BCUT2D eigenvalue weighted by Gasteiger charge is 2.41. The highest BCUT2D eigenvalue weighted by Crippen LogP contribution is 2.35. The van der Waals surface area contributed by atoms with E-state index in [2.05, 4.69) is 5.32 Å². The van der Waals surface area contributed by atoms with Crippen molar-refractivity contribution in [2.75, 3.05) is 18.6 Å². The van der Waals surface area contributed by atoms with Gasteiger partial charge in [-0.05, 0) is 24.8 Å². The van der Waals surface area contributed by atoms with Gasteiger partial charge in [0.05, 0.1) is 6.61 Å². The average molecular weight is 288 g/mol. The molecule has 5 heteroatoms. The summed E-state index contributed by atoms with van der Waals surface area (Å²) < 4.78 is 5.21. The van der Waals surface area contributed by atoms with Crippen molar-refractivity contribution in [2.24, 2.45) is 5.92 Å². The molecule has 1 unspecified atom stereocenters. The van der Waals surface area contributed by atoms with E-state index in [1.807, 2.05) is 24.3 Å². The lowest BCUT2D eigenvalue weighted by Crippen LogP contribution is -2.46. The largest absolute Gasteiger partial charge is 0.380 e. The first-order valence-electron chi connectivity index (χ1n) is 7.38. The topological polar surface area (TPSA) is 58.6 Å². The van der Waals surface area contributed by atoms with Gasteiger partial charge in [-0.25, -0.2) is 0 Å². The molecule has 1 aromatic rings. The van der Waals surface area contributed by atoms with Crippen LogP contribution < -0.4 is 10.2 Å². The average Bonchev–Trinajstić information content (AvgIpc) is 3.31. The van der Waals surface area contributed by atoms with Gasteiger partial charge in [0.25, 0.3) is 0 Å². The van der Waals surface area contributed by atoms with Gasteiger partial charge >= 0.3 is 0 Å². The number of methoxy groups -OCH3 is 1. The minimum atomic E-state index is -0.365. The Labute approximate surface area is 124 Å². The molecule has 0 aromatic heterocycles. The molecule has 0 spiro atoms. The maximum Gasteiger partial charge on any atom is 0.249 e. The molecule has 3 rings (SSSR count). The lowest BCUT2D eigenvalue weighted by molar-refractivity contribution is -0.126. The van der Waals surface area contributed by atoms with Crippen molar-refractivity contribution < 1.29 is 14.3 Å². The van der Waals surface area contributed by atoms with Crippen LogP contribution in [0.2, 0.25) is 0 Å². The second-order valence-corrected chi connectivity index (χ2v) is 5.68. The highest BCUT2D eigenvalue weighted by molar-refractivity contribution is 6.02. The molecule has 1 N–H and O–H groups in total. The standard InChI is InChI=1S/C16H20N2O3/c1-21-10-12-4-2-3-5-13(12)18-9-8-14(19)17-15(16(18)20)11-6-7-11/h2-5,11,15H,6-10H2,1H3,(H,17,19). The second kappa shape index (κ2) is 5.85. The third kappa shape index (κ3) is 2.93. The summed E-state index contributed by atoms with van der Waals surface area (Å²) in [5.74, 6) is 0.274. The lowest BCUT2D eigenvalue weighted by atomic mass is 10.1. The third-order valence-corrected chi connectivity index (χ3v) is 4.09. The summed E-state index contributed by atoms with van der Waals surface area (Å²) in [5.41, 5.74) is 1.82. The Morgan fingerprint density at radius 1 is 1.29 bits per heavy atom. The molecule has 2 amide bonds. The zero-order valence-electron chi connectivity index (χ0n) is 12.2. The van der Waals surface area contributed by atoms with Crippen LogP contribution in [0, 0.1) is 5.92 Å². The summed E-state index contributed by atoms with van der Waals surface area (Å²) in [4.78, 5) is 26.4. The Balaban J connectivity index is 1.92. The van der Waals surface area contributed by atoms with Crippen molar-refractivity contribution >= 4 is 17.5 Å². The van der Waals surface area contributed by atoms with E-state index in [0.29, 0.717) is 25.5 Å². The highest BCUT2D eigenvalue weighted by atomic mass is 16.5. The molecule has 1 aromatic carbocycles. The van der Waals surface area contributed by atoms with E-state index in [0.717, 1.165) is 24.1 Å². The Hall–Kier alpha value is -1.88. The predicted octanol–water partition coefficient (Wildman–Crippen LogP) is 1.46. The molecule has 5 nitrogen and oxygen atoms in total. The number of nitrogens with zero attached hydrogens (tertiary/aromatic N) is 1. The number of hydrogen-bond acceptors (Lipinski definition) is 3. The minimum absolute atomic E-state index is 0.00639. The molecule has 2 fully saturated rings. The number of carbonyl (C=O) groups excluding carboxylic acids is 2. The summed E-state index contributed by atoms with van der Waals surface area (Å²) in [5, 5.41) is 2.88. The molecule has 1 saturated heterocycles. The molecule has 1 aliphatic carbocycles. The van der Waals surface area contributed by atoms with Crippen LogP contribution in [0.1, 0.15) is 24.8 Å². The van der Waals surface area contributed by atoms with Gasteiger partial charge < -0.3 is 15.0 Å². The Morgan fingerprint density at radius 3 is 2.76 bits per heavy atom. The van der Waals surface area contributed by atoms with Crippen LogP contribution in [-0.2, 0) is 20.9 Å². The first kappa shape index (κ1) is 14.1. The maximum atomic E-state index is 12.8. The fourth-order valence-electron chi connectivity index (χ4n) is 2.84. The molecule has 2 aliphatic rings. The number of anilines is 1. The van der Waals surface area contributed by atoms with Gasteiger partial charge in [0.2, 0.25) is 11.8 Å². The van der Waals surface area contributed by atoms with Crippen LogP contribution in [0.25, 0.3) is 0 Å². The van der Waals surface area contributed by atoms with Crippen LogP contribution in [0.3, 0.4) is 0 Å². The van der Waals surface area contributed by atoms with Crippen molar-refractivity contribution in [3.05, 3.63) is 29.8 Å². The third-order valence-electron chi connectivity index (χ3n) is 4.09. The van der Waals surface area contributed by atoms with E-state index in [-0.39, 0.29) is 17.9 Å². The van der Waals surface area contributed by atoms with E-state index < -0.39 is 0 Å². The first-order valence-corrected chi connectivity index (χ1v) is 7.38. The fraction of sp³-hybridized carbons (Fsp3) is 0.500. The Kier molecular flexibility index (Phi) is 3.92. The van der Waals surface area contributed by atoms with E-state index in [1.165, 1.54) is 0 Å². The quantitative estimate of drug-likeness (QED) is 0.912. The van der Waals surface area contributed by atoms with Crippen molar-refractivity contribution in [1.82, 2.24) is 5.32 Å². The number of hydrogen-bond donors (Lipinski definition) is 1. The molecule has 0 radical (unpaired) electrons. The van der Waals surface area contributed by atoms with Gasteiger partial charge in [-0.15, -0.1) is 0 Å². The lowest BCUT2D eigenvalue weighted by Gasteiger charge is -2.26. The zero-order valence-corrected chi connectivity index (χ0v) is 12.2. The Bertz CT molecular complexity index is 554. The van der Waals surface area contributed by atoms with Crippen LogP contribution in [0.4, 0.5) is 5.69 Å². The predicted molar refractivity (Wildman–Crippen MR) is 78.8 cm³/mol. The van der Waals surface area contributed by atoms with Crippen molar-refractivity contribution in [1.29, 1.82) is 0 Å². The van der Waals surface area contributed by atoms with Crippen LogP contribution in [-0.4, -0.2) is 31.5 Å². The summed E-state index contributed by atoms with van der Waals surface area (Å²) in [7, 11) is 1.64. The molecule has 112 valence electrons. The molecule has 1 atom stereocenters. The van der Waals surface area contributed by atoms with Crippen molar-refractivity contribution in [3.63, 3.8) is 0 Å². The number of ether oxygens (including phenoxy) is 1. The van der Waals surface area contributed by atoms with Crippen molar-refractivity contribution in [2.45, 2.75) is 31.9 Å². The molecule has 21 heavy (non-hydrogen) atoms. The van der Waals surface area contributed by atoms with E-state index in [9.17, 15) is 9.59 Å². The summed E-state index contributed by atoms with van der Waals surface area (Å²) in [6, 6.07) is 7.36. The summed E-state index contributed by atoms with van der Waals surface area (Å²) >= 11 is 0. The van der Waals surface area contributed by atoms with Gasteiger partial charge in [-0.1, -0.05) is 18.2 Å². The van der Waals surface area contributed by atoms with E-state index in [1.54, 1.807) is 12.0 Å². The minimum Gasteiger partial charge on any atom is -0.380 e. The second-order valence-electron chi connectivity index (χ2n) is 5.68. The molecule has 0 bridgehead atoms. The number of para-hydroxylation sites is 1. The van der Waals surface area contributed by atoms with Gasteiger partial charge in [-0.3, -0.25) is 9.59 Å². The fourth-order valence-corrected chi connectivity index (χ4v) is 2.84. The van der Waals surface area contributed by atoms with Crippen molar-refractivity contribution in [3.8, 4) is 0 Å². The molecular weight excluding hydrogens is 268 g/mol. The van der Waals surface area contributed by atoms with Gasteiger partial charge in [0.1, 0.15) is 6.04 Å². The van der Waals surface area contributed by atoms with E-state index in [4.69, 9.17) is 4.74 Å². The van der Waals surface area contributed by atoms with E-state index >= 15 is 0 Å². The zero-order chi connectivity index (χ0) is 14.8. The molecule has 1 heterocycles. The summed E-state index contributed by atoms with van der Waals surface area (Å²) in [6.45, 7) is 0.879. The normalized spacial score (nSPS) is 22.9. The molecule has 1 saturated carbocycles. The van der Waals surface area contributed by atoms with Crippen LogP contribution in [0.15, 0.2) is 24.3 Å². The number of nitrogens with one attached hydrogen (secondary N) is 1. The first-order chi connectivity index (χ1) is 10.2. The number of carbonyl (C=O) groups is 2. The number of rotatable bonds is 4. The van der Waals surface area contributed by atoms with Crippen LogP contribution in [0.5, 0.6) is 0 Å². The SMILES string of the molecule is COCc1ccccc1N1CCC(=O)NC(C2CC2)C1=O. The molecular formula is C16H20N2O3. The van der Waals surface area contributed by atoms with Crippen LogP contribution >= 0.6 is 0 Å². The molecule has 1 aliphatic heterocycles. The smallest absolute Gasteiger partial charge is 0.249 e. The summed E-state index contributed by atoms with van der Waals surface area (Å²) in [6.07, 6.45) is 2.38. The van der Waals surface area contributed by atoms with Gasteiger partial charge in [0, 0.05) is 31.3 Å². The monoisotopic (exact) mass is 288 g/mol. The number of amides is 2. The van der Waals surface area contributed by atoms with Gasteiger partial charge in [-0.2, -0.15) is 0 Å². The van der Waals surface area contributed by atoms with Gasteiger partial charge in [0.15, 0.2) is 0 Å².